The van der Waals surface area contributed by atoms with Crippen molar-refractivity contribution in [1.29, 1.82) is 0 Å². The highest BCUT2D eigenvalue weighted by Crippen LogP contribution is 2.49. The quantitative estimate of drug-likeness (QED) is 0.548. The number of nitrogens with one attached hydrogen (secondary N) is 1. The summed E-state index contributed by atoms with van der Waals surface area (Å²) in [6.45, 7) is 4.03. The van der Waals surface area contributed by atoms with E-state index in [1.165, 1.54) is 0 Å². The molecule has 7 heteroatoms. The van der Waals surface area contributed by atoms with E-state index >= 15 is 0 Å². The number of aromatic nitrogens is 2. The minimum absolute atomic E-state index is 0.0241. The highest BCUT2D eigenvalue weighted by atomic mass is 35.5. The maximum Gasteiger partial charge on any atom is 0.230 e. The van der Waals surface area contributed by atoms with Crippen molar-refractivity contribution in [2.24, 2.45) is 5.92 Å². The Kier molecular flexibility index (Phi) is 5.29. The highest BCUT2D eigenvalue weighted by Gasteiger charge is 2.52. The zero-order valence-corrected chi connectivity index (χ0v) is 18.8. The Morgan fingerprint density at radius 3 is 2.45 bits per heavy atom. The van der Waals surface area contributed by atoms with Gasteiger partial charge in [0, 0.05) is 17.3 Å². The average molecular weight is 456 g/mol. The highest BCUT2D eigenvalue weighted by molar-refractivity contribution is 6.42. The van der Waals surface area contributed by atoms with Gasteiger partial charge in [-0.05, 0) is 68.7 Å². The molecule has 0 aliphatic carbocycles. The molecule has 5 rings (SSSR count). The first-order valence-corrected chi connectivity index (χ1v) is 11.2. The molecule has 0 radical (unpaired) electrons. The molecular formula is C24H23Cl2N3O2. The molecule has 2 saturated heterocycles. The third-order valence-corrected chi connectivity index (χ3v) is 7.03. The van der Waals surface area contributed by atoms with Crippen molar-refractivity contribution in [1.82, 2.24) is 9.78 Å². The summed E-state index contributed by atoms with van der Waals surface area (Å²) >= 11 is 12.1. The second-order valence-electron chi connectivity index (χ2n) is 8.39. The summed E-state index contributed by atoms with van der Waals surface area (Å²) in [4.78, 5) is 13.2. The Hall–Kier alpha value is -2.34. The first kappa shape index (κ1) is 20.6. The molecule has 2 fully saturated rings. The Labute approximate surface area is 191 Å². The number of halogens is 2. The first-order chi connectivity index (χ1) is 14.9. The minimum atomic E-state index is -0.243. The number of carbonyl (C=O) groups is 1. The van der Waals surface area contributed by atoms with Crippen LogP contribution in [0.3, 0.4) is 0 Å². The van der Waals surface area contributed by atoms with Crippen LogP contribution in [0.2, 0.25) is 10.0 Å². The van der Waals surface area contributed by atoms with E-state index in [4.69, 9.17) is 27.9 Å². The summed E-state index contributed by atoms with van der Waals surface area (Å²) in [5.41, 5.74) is 4.84. The number of fused-ring (bicyclic) bond motifs is 2. The molecule has 3 aromatic rings. The van der Waals surface area contributed by atoms with Gasteiger partial charge in [0.15, 0.2) is 0 Å². The number of carbonyl (C=O) groups excluding carboxylic acids is 1. The molecule has 2 bridgehead atoms. The fourth-order valence-electron chi connectivity index (χ4n) is 4.96. The molecule has 5 nitrogen and oxygen atoms in total. The van der Waals surface area contributed by atoms with Gasteiger partial charge in [0.1, 0.15) is 0 Å². The molecule has 1 amide bonds. The number of anilines is 1. The van der Waals surface area contributed by atoms with Crippen LogP contribution >= 0.6 is 23.2 Å². The Morgan fingerprint density at radius 1 is 1.03 bits per heavy atom. The van der Waals surface area contributed by atoms with Crippen molar-refractivity contribution < 1.29 is 9.53 Å². The topological polar surface area (TPSA) is 56.1 Å². The Balaban J connectivity index is 1.40. The second kappa shape index (κ2) is 7.97. The lowest BCUT2D eigenvalue weighted by Gasteiger charge is -2.27. The van der Waals surface area contributed by atoms with Crippen molar-refractivity contribution >= 4 is 34.8 Å². The van der Waals surface area contributed by atoms with Crippen LogP contribution in [0.15, 0.2) is 48.5 Å². The molecule has 1 N–H and O–H groups in total. The molecule has 3 heterocycles. The number of ether oxygens (including phenoxy) is 1. The average Bonchev–Trinajstić information content (AvgIpc) is 3.45. The van der Waals surface area contributed by atoms with Crippen molar-refractivity contribution in [3.63, 3.8) is 0 Å². The van der Waals surface area contributed by atoms with Crippen LogP contribution in [0.4, 0.5) is 5.69 Å². The van der Waals surface area contributed by atoms with E-state index in [-0.39, 0.29) is 30.0 Å². The van der Waals surface area contributed by atoms with Crippen LogP contribution in [0.1, 0.15) is 35.7 Å². The molecular weight excluding hydrogens is 433 g/mol. The fraction of sp³-hybridized carbons (Fsp3) is 0.333. The van der Waals surface area contributed by atoms with Gasteiger partial charge in [0.25, 0.3) is 0 Å². The number of benzene rings is 2. The molecule has 1 unspecified atom stereocenters. The zero-order valence-electron chi connectivity index (χ0n) is 17.3. The van der Waals surface area contributed by atoms with Crippen LogP contribution in [0, 0.1) is 19.8 Å². The summed E-state index contributed by atoms with van der Waals surface area (Å²) in [5.74, 6) is -0.262. The van der Waals surface area contributed by atoms with E-state index in [2.05, 4.69) is 40.7 Å². The Morgan fingerprint density at radius 2 is 1.77 bits per heavy atom. The second-order valence-corrected chi connectivity index (χ2v) is 9.20. The number of hydrogen-bond acceptors (Lipinski definition) is 3. The summed E-state index contributed by atoms with van der Waals surface area (Å²) < 4.78 is 8.10. The van der Waals surface area contributed by atoms with Gasteiger partial charge >= 0.3 is 0 Å². The van der Waals surface area contributed by atoms with Crippen molar-refractivity contribution in [2.75, 3.05) is 5.32 Å². The molecule has 31 heavy (non-hydrogen) atoms. The number of nitrogens with zero attached hydrogens (tertiary/aromatic N) is 2. The summed E-state index contributed by atoms with van der Waals surface area (Å²) in [5, 5.41) is 8.44. The van der Waals surface area contributed by atoms with Crippen LogP contribution in [-0.4, -0.2) is 27.9 Å². The van der Waals surface area contributed by atoms with E-state index in [1.807, 2.05) is 18.5 Å². The van der Waals surface area contributed by atoms with Crippen molar-refractivity contribution in [3.05, 3.63) is 75.5 Å². The molecule has 0 saturated carbocycles. The van der Waals surface area contributed by atoms with Crippen molar-refractivity contribution in [2.45, 2.75) is 44.8 Å². The zero-order chi connectivity index (χ0) is 21.7. The van der Waals surface area contributed by atoms with Crippen LogP contribution in [0.25, 0.3) is 5.69 Å². The van der Waals surface area contributed by atoms with E-state index < -0.39 is 0 Å². The normalized spacial score (nSPS) is 24.5. The van der Waals surface area contributed by atoms with Crippen LogP contribution in [-0.2, 0) is 9.53 Å². The van der Waals surface area contributed by atoms with Gasteiger partial charge < -0.3 is 10.1 Å². The van der Waals surface area contributed by atoms with E-state index in [0.29, 0.717) is 15.7 Å². The lowest BCUT2D eigenvalue weighted by molar-refractivity contribution is -0.121. The number of aryl methyl sites for hydroxylation is 2. The lowest BCUT2D eigenvalue weighted by atomic mass is 9.75. The van der Waals surface area contributed by atoms with Gasteiger partial charge in [-0.2, -0.15) is 5.10 Å². The molecule has 2 aliphatic heterocycles. The summed E-state index contributed by atoms with van der Waals surface area (Å²) in [7, 11) is 0. The maximum absolute atomic E-state index is 13.2. The fourth-order valence-corrected chi connectivity index (χ4v) is 5.26. The third-order valence-electron chi connectivity index (χ3n) is 6.30. The van der Waals surface area contributed by atoms with E-state index in [9.17, 15) is 4.79 Å². The monoisotopic (exact) mass is 455 g/mol. The molecule has 2 aliphatic rings. The largest absolute Gasteiger partial charge is 0.373 e. The summed E-state index contributed by atoms with van der Waals surface area (Å²) in [6, 6.07) is 15.5. The number of hydrogen-bond donors (Lipinski definition) is 1. The third kappa shape index (κ3) is 3.75. The predicted octanol–water partition coefficient (Wildman–Crippen LogP) is 5.70. The number of amides is 1. The minimum Gasteiger partial charge on any atom is -0.373 e. The van der Waals surface area contributed by atoms with E-state index in [0.717, 1.165) is 35.5 Å². The molecule has 1 aromatic heterocycles. The first-order valence-electron chi connectivity index (χ1n) is 10.5. The van der Waals surface area contributed by atoms with E-state index in [1.54, 1.807) is 18.2 Å². The smallest absolute Gasteiger partial charge is 0.230 e. The lowest BCUT2D eigenvalue weighted by Crippen LogP contribution is -2.36. The van der Waals surface area contributed by atoms with Gasteiger partial charge in [-0.15, -0.1) is 0 Å². The molecule has 160 valence electrons. The van der Waals surface area contributed by atoms with Gasteiger partial charge in [-0.1, -0.05) is 35.3 Å². The van der Waals surface area contributed by atoms with Crippen LogP contribution < -0.4 is 5.32 Å². The van der Waals surface area contributed by atoms with Gasteiger partial charge in [-0.25, -0.2) is 4.68 Å². The molecule has 4 atom stereocenters. The SMILES string of the molecule is Cc1cc(C)n(-c2ccc(C3[C@@H]4CC[C@@H](O4)[C@@H]3C(=O)Nc3ccc(Cl)c(Cl)c3)cc2)n1. The molecule has 0 spiro atoms. The van der Waals surface area contributed by atoms with Crippen molar-refractivity contribution in [3.8, 4) is 5.69 Å². The summed E-state index contributed by atoms with van der Waals surface area (Å²) in [6.07, 6.45) is 1.89. The Bertz CT molecular complexity index is 1140. The standard InChI is InChI=1S/C24H23Cl2N3O2/c1-13-11-14(2)29(28-13)17-6-3-15(4-7-17)22-20-9-10-21(31-20)23(22)24(30)27-16-5-8-18(25)19(26)12-16/h3-8,11-12,20-23H,9-10H2,1-2H3,(H,27,30)/t20-,21+,22?,23-/m0/s1. The van der Waals surface area contributed by atoms with Gasteiger partial charge in [0.2, 0.25) is 5.91 Å². The van der Waals surface area contributed by atoms with Gasteiger partial charge in [0.05, 0.1) is 39.6 Å². The van der Waals surface area contributed by atoms with Crippen LogP contribution in [0.5, 0.6) is 0 Å². The predicted molar refractivity (Wildman–Crippen MR) is 122 cm³/mol. The number of rotatable bonds is 4. The molecule has 2 aromatic carbocycles. The van der Waals surface area contributed by atoms with Gasteiger partial charge in [-0.3, -0.25) is 4.79 Å². The maximum atomic E-state index is 13.2.